The first-order chi connectivity index (χ1) is 11.7. The molecule has 3 rings (SSSR count). The molecule has 126 valence electrons. The van der Waals surface area contributed by atoms with Crippen molar-refractivity contribution < 1.29 is 14.3 Å². The number of methoxy groups -OCH3 is 1. The van der Waals surface area contributed by atoms with E-state index in [1.54, 1.807) is 7.11 Å². The van der Waals surface area contributed by atoms with Gasteiger partial charge >= 0.3 is 0 Å². The second-order valence-electron chi connectivity index (χ2n) is 6.03. The number of nitrogens with zero attached hydrogens (tertiary/aromatic N) is 1. The summed E-state index contributed by atoms with van der Waals surface area (Å²) < 4.78 is 11.1. The zero-order chi connectivity index (χ0) is 16.9. The number of hydrogen-bond acceptors (Lipinski definition) is 3. The molecule has 4 heteroatoms. The predicted octanol–water partition coefficient (Wildman–Crippen LogP) is 3.57. The van der Waals surface area contributed by atoms with Crippen LogP contribution in [-0.2, 0) is 16.0 Å². The van der Waals surface area contributed by atoms with E-state index in [1.165, 1.54) is 0 Å². The molecular weight excluding hydrogens is 302 g/mol. The Morgan fingerprint density at radius 2 is 1.88 bits per heavy atom. The fourth-order valence-corrected chi connectivity index (χ4v) is 3.02. The first-order valence-corrected chi connectivity index (χ1v) is 8.30. The van der Waals surface area contributed by atoms with Crippen molar-refractivity contribution in [1.29, 1.82) is 0 Å². The standard InChI is InChI=1S/C20H23NO3/c1-15-21(14-19(24-15)17-6-4-3-5-7-17)20(22)13-10-16-8-11-18(23-2)12-9-16/h3-9,11-12,15,19H,10,13-14H2,1-2H3. The van der Waals surface area contributed by atoms with E-state index >= 15 is 0 Å². The van der Waals surface area contributed by atoms with Crippen molar-refractivity contribution in [2.24, 2.45) is 0 Å². The Morgan fingerprint density at radius 3 is 2.54 bits per heavy atom. The van der Waals surface area contributed by atoms with E-state index in [0.29, 0.717) is 13.0 Å². The summed E-state index contributed by atoms with van der Waals surface area (Å²) in [5, 5.41) is 0. The maximum Gasteiger partial charge on any atom is 0.225 e. The SMILES string of the molecule is COc1ccc(CCC(=O)N2CC(c3ccccc3)OC2C)cc1. The Bertz CT molecular complexity index is 669. The summed E-state index contributed by atoms with van der Waals surface area (Å²) in [4.78, 5) is 14.4. The summed E-state index contributed by atoms with van der Waals surface area (Å²) in [5.41, 5.74) is 2.26. The number of carbonyl (C=O) groups is 1. The maximum atomic E-state index is 12.6. The van der Waals surface area contributed by atoms with E-state index in [-0.39, 0.29) is 18.2 Å². The summed E-state index contributed by atoms with van der Waals surface area (Å²) in [5.74, 6) is 0.967. The van der Waals surface area contributed by atoms with E-state index < -0.39 is 0 Å². The third-order valence-electron chi connectivity index (χ3n) is 4.44. The smallest absolute Gasteiger partial charge is 0.225 e. The Labute approximate surface area is 143 Å². The lowest BCUT2D eigenvalue weighted by Gasteiger charge is -2.19. The van der Waals surface area contributed by atoms with Crippen LogP contribution in [0.4, 0.5) is 0 Å². The van der Waals surface area contributed by atoms with E-state index in [4.69, 9.17) is 9.47 Å². The van der Waals surface area contributed by atoms with Crippen molar-refractivity contribution in [2.45, 2.75) is 32.1 Å². The monoisotopic (exact) mass is 325 g/mol. The highest BCUT2D eigenvalue weighted by Crippen LogP contribution is 2.29. The Hall–Kier alpha value is -2.33. The number of carbonyl (C=O) groups excluding carboxylic acids is 1. The van der Waals surface area contributed by atoms with Gasteiger partial charge in [0, 0.05) is 6.42 Å². The molecule has 1 amide bonds. The highest BCUT2D eigenvalue weighted by atomic mass is 16.5. The van der Waals surface area contributed by atoms with Crippen LogP contribution in [0.3, 0.4) is 0 Å². The summed E-state index contributed by atoms with van der Waals surface area (Å²) in [6.45, 7) is 2.56. The lowest BCUT2D eigenvalue weighted by Crippen LogP contribution is -2.34. The van der Waals surface area contributed by atoms with Gasteiger partial charge in [-0.3, -0.25) is 4.79 Å². The second kappa shape index (κ2) is 7.49. The second-order valence-corrected chi connectivity index (χ2v) is 6.03. The lowest BCUT2D eigenvalue weighted by atomic mass is 10.1. The normalized spacial score (nSPS) is 20.2. The molecule has 0 saturated carbocycles. The van der Waals surface area contributed by atoms with E-state index in [9.17, 15) is 4.79 Å². The van der Waals surface area contributed by atoms with Gasteiger partial charge in [-0.15, -0.1) is 0 Å². The molecule has 1 heterocycles. The fourth-order valence-electron chi connectivity index (χ4n) is 3.02. The molecule has 2 atom stereocenters. The zero-order valence-electron chi connectivity index (χ0n) is 14.1. The molecule has 0 N–H and O–H groups in total. The van der Waals surface area contributed by atoms with Crippen LogP contribution in [0.1, 0.15) is 30.6 Å². The van der Waals surface area contributed by atoms with Crippen molar-refractivity contribution >= 4 is 5.91 Å². The number of benzene rings is 2. The summed E-state index contributed by atoms with van der Waals surface area (Å²) >= 11 is 0. The number of aryl methyl sites for hydroxylation is 1. The van der Waals surface area contributed by atoms with Crippen LogP contribution in [0, 0.1) is 0 Å². The van der Waals surface area contributed by atoms with Gasteiger partial charge in [-0.2, -0.15) is 0 Å². The van der Waals surface area contributed by atoms with Crippen LogP contribution < -0.4 is 4.74 Å². The van der Waals surface area contributed by atoms with Crippen LogP contribution in [0.25, 0.3) is 0 Å². The van der Waals surface area contributed by atoms with Gasteiger partial charge in [-0.05, 0) is 36.6 Å². The van der Waals surface area contributed by atoms with Gasteiger partial charge in [0.15, 0.2) is 0 Å². The summed E-state index contributed by atoms with van der Waals surface area (Å²) in [7, 11) is 1.65. The average molecular weight is 325 g/mol. The van der Waals surface area contributed by atoms with Crippen LogP contribution in [0.2, 0.25) is 0 Å². The molecule has 0 radical (unpaired) electrons. The fraction of sp³-hybridized carbons (Fsp3) is 0.350. The quantitative estimate of drug-likeness (QED) is 0.843. The molecule has 1 aliphatic heterocycles. The van der Waals surface area contributed by atoms with Gasteiger partial charge in [0.1, 0.15) is 18.1 Å². The van der Waals surface area contributed by atoms with Gasteiger partial charge in [-0.1, -0.05) is 42.5 Å². The van der Waals surface area contributed by atoms with Crippen LogP contribution in [0.15, 0.2) is 54.6 Å². The number of amides is 1. The molecular formula is C20H23NO3. The summed E-state index contributed by atoms with van der Waals surface area (Å²) in [6, 6.07) is 17.9. The molecule has 24 heavy (non-hydrogen) atoms. The van der Waals surface area contributed by atoms with Gasteiger partial charge < -0.3 is 14.4 Å². The first-order valence-electron chi connectivity index (χ1n) is 8.30. The van der Waals surface area contributed by atoms with Crippen LogP contribution in [-0.4, -0.2) is 30.7 Å². The molecule has 0 spiro atoms. The number of hydrogen-bond donors (Lipinski definition) is 0. The van der Waals surface area contributed by atoms with E-state index in [0.717, 1.165) is 23.3 Å². The third-order valence-corrected chi connectivity index (χ3v) is 4.44. The Balaban J connectivity index is 1.56. The molecule has 4 nitrogen and oxygen atoms in total. The van der Waals surface area contributed by atoms with Crippen molar-refractivity contribution in [3.05, 3.63) is 65.7 Å². The van der Waals surface area contributed by atoms with E-state index in [2.05, 4.69) is 0 Å². The van der Waals surface area contributed by atoms with Gasteiger partial charge in [0.25, 0.3) is 0 Å². The first kappa shape index (κ1) is 16.5. The van der Waals surface area contributed by atoms with Crippen LogP contribution >= 0.6 is 0 Å². The molecule has 2 aromatic carbocycles. The molecule has 2 unspecified atom stereocenters. The van der Waals surface area contributed by atoms with Crippen molar-refractivity contribution in [3.63, 3.8) is 0 Å². The minimum atomic E-state index is -0.182. The third kappa shape index (κ3) is 3.77. The molecule has 2 aromatic rings. The van der Waals surface area contributed by atoms with Gasteiger partial charge in [0.05, 0.1) is 13.7 Å². The molecule has 1 fully saturated rings. The highest BCUT2D eigenvalue weighted by Gasteiger charge is 2.33. The van der Waals surface area contributed by atoms with E-state index in [1.807, 2.05) is 66.4 Å². The Morgan fingerprint density at radius 1 is 1.17 bits per heavy atom. The molecule has 1 saturated heterocycles. The van der Waals surface area contributed by atoms with Crippen molar-refractivity contribution in [1.82, 2.24) is 4.90 Å². The number of rotatable bonds is 5. The largest absolute Gasteiger partial charge is 0.497 e. The predicted molar refractivity (Wildman–Crippen MR) is 92.8 cm³/mol. The van der Waals surface area contributed by atoms with Gasteiger partial charge in [0.2, 0.25) is 5.91 Å². The topological polar surface area (TPSA) is 38.8 Å². The van der Waals surface area contributed by atoms with Crippen molar-refractivity contribution in [3.8, 4) is 5.75 Å². The van der Waals surface area contributed by atoms with Crippen LogP contribution in [0.5, 0.6) is 5.75 Å². The molecule has 0 aliphatic carbocycles. The summed E-state index contributed by atoms with van der Waals surface area (Å²) in [6.07, 6.45) is 0.994. The highest BCUT2D eigenvalue weighted by molar-refractivity contribution is 5.77. The molecule has 1 aliphatic rings. The molecule has 0 bridgehead atoms. The van der Waals surface area contributed by atoms with Crippen molar-refractivity contribution in [2.75, 3.05) is 13.7 Å². The zero-order valence-corrected chi connectivity index (χ0v) is 14.1. The minimum absolute atomic E-state index is 0.0360. The average Bonchev–Trinajstić information content (AvgIpc) is 3.03. The number of ether oxygens (including phenoxy) is 2. The maximum absolute atomic E-state index is 12.6. The Kier molecular flexibility index (Phi) is 5.16. The molecule has 0 aromatic heterocycles. The minimum Gasteiger partial charge on any atom is -0.497 e. The lowest BCUT2D eigenvalue weighted by molar-refractivity contribution is -0.135. The van der Waals surface area contributed by atoms with Gasteiger partial charge in [-0.25, -0.2) is 0 Å².